The number of nitro benzene ring substituents is 1. The Morgan fingerprint density at radius 1 is 0.964 bits per heavy atom. The minimum atomic E-state index is -0.469. The van der Waals surface area contributed by atoms with Gasteiger partial charge in [0.05, 0.1) is 47.7 Å². The van der Waals surface area contributed by atoms with Crippen LogP contribution in [0.1, 0.15) is 56.7 Å². The number of nitrogens with zero attached hydrogens (tertiary/aromatic N) is 5. The van der Waals surface area contributed by atoms with Crippen LogP contribution in [0.2, 0.25) is 0 Å². The molecule has 14 heteroatoms. The summed E-state index contributed by atoms with van der Waals surface area (Å²) >= 11 is 0. The lowest BCUT2D eigenvalue weighted by atomic mass is 10.0. The summed E-state index contributed by atoms with van der Waals surface area (Å²) in [6.07, 6.45) is 9.35. The van der Waals surface area contributed by atoms with E-state index in [4.69, 9.17) is 23.9 Å². The van der Waals surface area contributed by atoms with Gasteiger partial charge in [-0.2, -0.15) is 0 Å². The van der Waals surface area contributed by atoms with Crippen LogP contribution in [0, 0.1) is 10.1 Å². The van der Waals surface area contributed by atoms with E-state index in [1.54, 1.807) is 39.9 Å². The highest BCUT2D eigenvalue weighted by Crippen LogP contribution is 2.43. The number of benzene rings is 4. The number of methoxy groups -OCH3 is 2. The zero-order valence-electron chi connectivity index (χ0n) is 31.2. The van der Waals surface area contributed by atoms with Crippen molar-refractivity contribution in [3.05, 3.63) is 128 Å². The lowest BCUT2D eigenvalue weighted by Gasteiger charge is -2.24. The third-order valence-corrected chi connectivity index (χ3v) is 10.8. The van der Waals surface area contributed by atoms with Crippen LogP contribution in [-0.4, -0.2) is 61.7 Å². The van der Waals surface area contributed by atoms with E-state index in [-0.39, 0.29) is 36.8 Å². The summed E-state index contributed by atoms with van der Waals surface area (Å²) < 4.78 is 25.5. The molecule has 0 N–H and O–H groups in total. The maximum atomic E-state index is 13.9. The highest BCUT2D eigenvalue weighted by molar-refractivity contribution is 7.19. The summed E-state index contributed by atoms with van der Waals surface area (Å²) in [4.78, 5) is 47.6. The molecule has 0 aromatic heterocycles. The summed E-state index contributed by atoms with van der Waals surface area (Å²) in [5, 5.41) is 12.0. The van der Waals surface area contributed by atoms with E-state index < -0.39 is 4.92 Å². The third-order valence-electron chi connectivity index (χ3n) is 10.5. The number of aliphatic imine (C=N–C) groups is 1. The summed E-state index contributed by atoms with van der Waals surface area (Å²) in [7, 11) is 7.38. The molecule has 0 bridgehead atoms. The lowest BCUT2D eigenvalue weighted by Crippen LogP contribution is -2.35. The molecule has 3 aliphatic heterocycles. The van der Waals surface area contributed by atoms with Crippen LogP contribution in [-0.2, 0) is 19.6 Å². The zero-order chi connectivity index (χ0) is 39.1. The lowest BCUT2D eigenvalue weighted by molar-refractivity contribution is -0.385. The van der Waals surface area contributed by atoms with Gasteiger partial charge in [-0.1, -0.05) is 24.3 Å². The van der Waals surface area contributed by atoms with Gasteiger partial charge in [0, 0.05) is 55.5 Å². The van der Waals surface area contributed by atoms with Crippen LogP contribution in [0.5, 0.6) is 23.0 Å². The number of ether oxygens (including phenoxy) is 4. The van der Waals surface area contributed by atoms with Gasteiger partial charge >= 0.3 is 0 Å². The van der Waals surface area contributed by atoms with Gasteiger partial charge in [0.1, 0.15) is 13.2 Å². The van der Waals surface area contributed by atoms with Gasteiger partial charge in [0.2, 0.25) is 0 Å². The number of non-ortho nitro benzene ring substituents is 1. The predicted octanol–water partition coefficient (Wildman–Crippen LogP) is 7.73. The van der Waals surface area contributed by atoms with Crippen molar-refractivity contribution in [1.29, 1.82) is 0 Å². The first-order valence-corrected chi connectivity index (χ1v) is 18.8. The second-order valence-corrected chi connectivity index (χ2v) is 14.8. The molecule has 13 nitrogen and oxygen atoms in total. The fourth-order valence-corrected chi connectivity index (χ4v) is 7.98. The van der Waals surface area contributed by atoms with Crippen LogP contribution in [0.15, 0.2) is 95.1 Å². The van der Waals surface area contributed by atoms with E-state index in [9.17, 15) is 19.7 Å². The van der Waals surface area contributed by atoms with E-state index in [2.05, 4.69) is 15.5 Å². The van der Waals surface area contributed by atoms with Crippen LogP contribution in [0.4, 0.5) is 22.7 Å². The largest absolute Gasteiger partial charge is 0.493 e. The number of amides is 2. The quantitative estimate of drug-likeness (QED) is 0.0852. The van der Waals surface area contributed by atoms with Crippen molar-refractivity contribution in [3.63, 3.8) is 0 Å². The van der Waals surface area contributed by atoms with E-state index in [0.29, 0.717) is 63.2 Å². The Kier molecular flexibility index (Phi) is 9.94. The molecule has 2 amide bonds. The Morgan fingerprint density at radius 2 is 1.68 bits per heavy atom. The second kappa shape index (κ2) is 15.1. The van der Waals surface area contributed by atoms with Crippen molar-refractivity contribution in [3.8, 4) is 23.0 Å². The Bertz CT molecular complexity index is 2370. The molecule has 1 aliphatic carbocycles. The van der Waals surface area contributed by atoms with Gasteiger partial charge < -0.3 is 28.5 Å². The molecule has 286 valence electrons. The summed E-state index contributed by atoms with van der Waals surface area (Å²) in [5.41, 5.74) is 7.01. The van der Waals surface area contributed by atoms with Crippen molar-refractivity contribution >= 4 is 50.2 Å². The average molecular weight is 774 g/mol. The Hall–Kier alpha value is -6.20. The molecular formula is C42H40N5O8P. The monoisotopic (exact) mass is 773 g/mol. The molecular weight excluding hydrogens is 733 g/mol. The van der Waals surface area contributed by atoms with Crippen molar-refractivity contribution in [2.45, 2.75) is 44.9 Å². The van der Waals surface area contributed by atoms with Gasteiger partial charge in [-0.3, -0.25) is 29.6 Å². The maximum absolute atomic E-state index is 13.9. The summed E-state index contributed by atoms with van der Waals surface area (Å²) in [6, 6.07) is 19.1. The molecule has 0 radical (unpaired) electrons. The number of carbonyl (C=O) groups excluding carboxylic acids is 2. The fourth-order valence-electron chi connectivity index (χ4n) is 7.77. The standard InChI is InChI=1S/C42H40N5O8P/c1-44(56)36-21-40(38(53-3)19-32(36)41(48)45-13-12-27-8-4-6-10-34(27)45)55-24-26-14-25(15-29(16-26)47(50)51)23-54-39-20-33-31(18-37(39)52-2)42(49)46-30(22-43-33)17-28-9-5-7-11-35(28)46/h4,6-8,10-11,14-16,18-22,30H,5,9,12-13,17,23-24,56H2,1-3H3/t30-/m0/s1. The van der Waals surface area contributed by atoms with Gasteiger partial charge in [-0.25, -0.2) is 0 Å². The number of anilines is 2. The number of carbonyl (C=O) groups is 2. The smallest absolute Gasteiger partial charge is 0.270 e. The average Bonchev–Trinajstić information content (AvgIpc) is 3.78. The molecule has 1 unspecified atom stereocenters. The fraction of sp³-hybridized carbons (Fsp3) is 0.262. The van der Waals surface area contributed by atoms with Crippen molar-refractivity contribution in [1.82, 2.24) is 4.90 Å². The topological polar surface area (TPSA) is 136 Å². The van der Waals surface area contributed by atoms with Gasteiger partial charge in [-0.15, -0.1) is 0 Å². The van der Waals surface area contributed by atoms with E-state index in [1.807, 2.05) is 48.5 Å². The molecule has 8 rings (SSSR count). The van der Waals surface area contributed by atoms with E-state index in [1.165, 1.54) is 31.9 Å². The molecule has 56 heavy (non-hydrogen) atoms. The Morgan fingerprint density at radius 3 is 2.39 bits per heavy atom. The van der Waals surface area contributed by atoms with E-state index >= 15 is 0 Å². The first-order chi connectivity index (χ1) is 27.1. The number of fused-ring (bicyclic) bond motifs is 4. The molecule has 0 fully saturated rings. The minimum absolute atomic E-state index is 0.0398. The highest BCUT2D eigenvalue weighted by atomic mass is 31.0. The van der Waals surface area contributed by atoms with Gasteiger partial charge in [0.15, 0.2) is 23.0 Å². The van der Waals surface area contributed by atoms with Crippen LogP contribution >= 0.6 is 9.39 Å². The van der Waals surface area contributed by atoms with Crippen LogP contribution < -0.4 is 28.5 Å². The zero-order valence-corrected chi connectivity index (χ0v) is 32.3. The SMILES string of the molecule is COc1cc2c(cc1OCc1cc(COc3cc(N(C)P)c(C(=O)N4CCc5ccccc54)cc3OC)cc([N+](=O)[O-])c1)N=C[C@@H]1CC3=C(C=CCC3)N1C2=O. The first kappa shape index (κ1) is 36.8. The molecule has 0 saturated carbocycles. The minimum Gasteiger partial charge on any atom is -0.493 e. The number of nitro groups is 1. The van der Waals surface area contributed by atoms with Gasteiger partial charge in [0.25, 0.3) is 17.5 Å². The molecule has 3 heterocycles. The summed E-state index contributed by atoms with van der Waals surface area (Å²) in [6.45, 7) is 0.488. The maximum Gasteiger partial charge on any atom is 0.270 e. The Balaban J connectivity index is 1.02. The van der Waals surface area contributed by atoms with Crippen LogP contribution in [0.25, 0.3) is 0 Å². The Labute approximate surface area is 326 Å². The molecule has 4 aromatic rings. The normalized spacial score (nSPS) is 16.5. The summed E-state index contributed by atoms with van der Waals surface area (Å²) in [5.74, 6) is 1.06. The molecule has 4 aromatic carbocycles. The van der Waals surface area contributed by atoms with E-state index in [0.717, 1.165) is 42.6 Å². The number of rotatable bonds is 11. The van der Waals surface area contributed by atoms with Crippen molar-refractivity contribution < 1.29 is 33.5 Å². The first-order valence-electron chi connectivity index (χ1n) is 18.2. The highest BCUT2D eigenvalue weighted by Gasteiger charge is 2.38. The van der Waals surface area contributed by atoms with Crippen LogP contribution in [0.3, 0.4) is 0 Å². The number of hydrogen-bond donors (Lipinski definition) is 0. The molecule has 0 spiro atoms. The molecule has 2 atom stereocenters. The van der Waals surface area contributed by atoms with Gasteiger partial charge in [-0.05, 0) is 87.7 Å². The number of hydrogen-bond acceptors (Lipinski definition) is 10. The predicted molar refractivity (Wildman–Crippen MR) is 216 cm³/mol. The molecule has 4 aliphatic rings. The molecule has 0 saturated heterocycles. The number of allylic oxidation sites excluding steroid dienone is 2. The second-order valence-electron chi connectivity index (χ2n) is 14.0. The third kappa shape index (κ3) is 6.83. The van der Waals surface area contributed by atoms with Crippen molar-refractivity contribution in [2.24, 2.45) is 4.99 Å². The van der Waals surface area contributed by atoms with Crippen molar-refractivity contribution in [2.75, 3.05) is 37.4 Å². The number of para-hydroxylation sites is 1.